The molecule has 0 unspecified atom stereocenters. The Bertz CT molecular complexity index is 350. The van der Waals surface area contributed by atoms with E-state index in [4.69, 9.17) is 0 Å². The van der Waals surface area contributed by atoms with Gasteiger partial charge in [0.05, 0.1) is 0 Å². The summed E-state index contributed by atoms with van der Waals surface area (Å²) in [6, 6.07) is 9.82. The van der Waals surface area contributed by atoms with Crippen LogP contribution in [0.2, 0.25) is 0 Å². The van der Waals surface area contributed by atoms with Crippen molar-refractivity contribution in [2.75, 3.05) is 26.2 Å². The SMILES string of the molecule is CCN(CC)CCCNC(=O)NCc1ccccc1. The van der Waals surface area contributed by atoms with Crippen LogP contribution < -0.4 is 10.6 Å². The van der Waals surface area contributed by atoms with Gasteiger partial charge in [0.1, 0.15) is 0 Å². The Morgan fingerprint density at radius 2 is 1.79 bits per heavy atom. The van der Waals surface area contributed by atoms with Crippen molar-refractivity contribution in [2.45, 2.75) is 26.8 Å². The first kappa shape index (κ1) is 15.5. The van der Waals surface area contributed by atoms with Gasteiger partial charge in [-0.15, -0.1) is 0 Å². The molecule has 0 bridgehead atoms. The minimum Gasteiger partial charge on any atom is -0.338 e. The second-order valence-corrected chi connectivity index (χ2v) is 4.48. The monoisotopic (exact) mass is 263 g/mol. The zero-order valence-corrected chi connectivity index (χ0v) is 12.0. The molecule has 4 nitrogen and oxygen atoms in total. The van der Waals surface area contributed by atoms with Crippen LogP contribution in [0.25, 0.3) is 0 Å². The van der Waals surface area contributed by atoms with Crippen LogP contribution in [0, 0.1) is 0 Å². The van der Waals surface area contributed by atoms with E-state index in [2.05, 4.69) is 29.4 Å². The Balaban J connectivity index is 2.08. The molecule has 0 atom stereocenters. The molecule has 0 aliphatic carbocycles. The molecule has 2 N–H and O–H groups in total. The summed E-state index contributed by atoms with van der Waals surface area (Å²) >= 11 is 0. The highest BCUT2D eigenvalue weighted by molar-refractivity contribution is 5.73. The molecule has 4 heteroatoms. The lowest BCUT2D eigenvalue weighted by molar-refractivity contribution is 0.239. The third-order valence-electron chi connectivity index (χ3n) is 3.13. The fourth-order valence-electron chi connectivity index (χ4n) is 1.89. The molecule has 0 aromatic heterocycles. The number of carbonyl (C=O) groups excluding carboxylic acids is 1. The average Bonchev–Trinajstić information content (AvgIpc) is 2.46. The largest absolute Gasteiger partial charge is 0.338 e. The number of hydrogen-bond acceptors (Lipinski definition) is 2. The Morgan fingerprint density at radius 3 is 2.42 bits per heavy atom. The van der Waals surface area contributed by atoms with Gasteiger partial charge in [-0.1, -0.05) is 44.2 Å². The molecule has 0 spiro atoms. The lowest BCUT2D eigenvalue weighted by Crippen LogP contribution is -2.36. The number of nitrogens with zero attached hydrogens (tertiary/aromatic N) is 1. The van der Waals surface area contributed by atoms with Crippen molar-refractivity contribution in [3.05, 3.63) is 35.9 Å². The van der Waals surface area contributed by atoms with E-state index in [0.29, 0.717) is 6.54 Å². The van der Waals surface area contributed by atoms with E-state index in [1.54, 1.807) is 0 Å². The van der Waals surface area contributed by atoms with Gasteiger partial charge in [-0.3, -0.25) is 0 Å². The summed E-state index contributed by atoms with van der Waals surface area (Å²) in [4.78, 5) is 13.9. The van der Waals surface area contributed by atoms with Crippen LogP contribution in [0.4, 0.5) is 4.79 Å². The van der Waals surface area contributed by atoms with Gasteiger partial charge in [-0.05, 0) is 31.6 Å². The van der Waals surface area contributed by atoms with Crippen LogP contribution >= 0.6 is 0 Å². The molecule has 1 rings (SSSR count). The van der Waals surface area contributed by atoms with Crippen molar-refractivity contribution < 1.29 is 4.79 Å². The minimum atomic E-state index is -0.0941. The van der Waals surface area contributed by atoms with E-state index in [1.807, 2.05) is 30.3 Å². The molecule has 0 saturated carbocycles. The number of rotatable bonds is 8. The third kappa shape index (κ3) is 6.82. The molecule has 1 aromatic rings. The standard InChI is InChI=1S/C15H25N3O/c1-3-18(4-2)12-8-11-16-15(19)17-13-14-9-6-5-7-10-14/h5-7,9-10H,3-4,8,11-13H2,1-2H3,(H2,16,17,19). The van der Waals surface area contributed by atoms with Gasteiger partial charge in [0.15, 0.2) is 0 Å². The second-order valence-electron chi connectivity index (χ2n) is 4.48. The van der Waals surface area contributed by atoms with E-state index in [0.717, 1.165) is 38.2 Å². The maximum Gasteiger partial charge on any atom is 0.315 e. The number of urea groups is 1. The summed E-state index contributed by atoms with van der Waals surface area (Å²) in [6.45, 7) is 8.77. The fourth-order valence-corrected chi connectivity index (χ4v) is 1.89. The average molecular weight is 263 g/mol. The summed E-state index contributed by atoms with van der Waals surface area (Å²) in [5, 5.41) is 5.73. The normalized spacial score (nSPS) is 10.5. The number of benzene rings is 1. The molecule has 19 heavy (non-hydrogen) atoms. The molecular formula is C15H25N3O. The van der Waals surface area contributed by atoms with Gasteiger partial charge in [-0.2, -0.15) is 0 Å². The predicted molar refractivity (Wildman–Crippen MR) is 79.1 cm³/mol. The fraction of sp³-hybridized carbons (Fsp3) is 0.533. The highest BCUT2D eigenvalue weighted by atomic mass is 16.2. The summed E-state index contributed by atoms with van der Waals surface area (Å²) in [6.07, 6.45) is 0.987. The van der Waals surface area contributed by atoms with E-state index in [-0.39, 0.29) is 6.03 Å². The Kier molecular flexibility index (Phi) is 7.66. The van der Waals surface area contributed by atoms with Crippen LogP contribution in [0.3, 0.4) is 0 Å². The van der Waals surface area contributed by atoms with Gasteiger partial charge in [0.25, 0.3) is 0 Å². The molecule has 0 heterocycles. The van der Waals surface area contributed by atoms with Gasteiger partial charge in [-0.25, -0.2) is 4.79 Å². The van der Waals surface area contributed by atoms with Gasteiger partial charge < -0.3 is 15.5 Å². The second kappa shape index (κ2) is 9.39. The molecule has 106 valence electrons. The molecule has 0 fully saturated rings. The van der Waals surface area contributed by atoms with Crippen molar-refractivity contribution in [1.29, 1.82) is 0 Å². The zero-order chi connectivity index (χ0) is 13.9. The molecule has 0 saturated heterocycles. The van der Waals surface area contributed by atoms with E-state index in [1.165, 1.54) is 0 Å². The highest BCUT2D eigenvalue weighted by Crippen LogP contribution is 1.96. The Morgan fingerprint density at radius 1 is 1.11 bits per heavy atom. The maximum absolute atomic E-state index is 11.6. The third-order valence-corrected chi connectivity index (χ3v) is 3.13. The molecule has 0 radical (unpaired) electrons. The number of amides is 2. The lowest BCUT2D eigenvalue weighted by atomic mass is 10.2. The topological polar surface area (TPSA) is 44.4 Å². The van der Waals surface area contributed by atoms with Crippen molar-refractivity contribution in [3.63, 3.8) is 0 Å². The highest BCUT2D eigenvalue weighted by Gasteiger charge is 2.01. The van der Waals surface area contributed by atoms with Gasteiger partial charge >= 0.3 is 6.03 Å². The maximum atomic E-state index is 11.6. The van der Waals surface area contributed by atoms with Crippen molar-refractivity contribution in [3.8, 4) is 0 Å². The molecular weight excluding hydrogens is 238 g/mol. The Labute approximate surface area is 116 Å². The number of nitrogens with one attached hydrogen (secondary N) is 2. The van der Waals surface area contributed by atoms with Crippen molar-refractivity contribution in [1.82, 2.24) is 15.5 Å². The minimum absolute atomic E-state index is 0.0941. The summed E-state index contributed by atoms with van der Waals surface area (Å²) < 4.78 is 0. The van der Waals surface area contributed by atoms with E-state index < -0.39 is 0 Å². The van der Waals surface area contributed by atoms with Crippen LogP contribution in [0.1, 0.15) is 25.8 Å². The van der Waals surface area contributed by atoms with Crippen LogP contribution in [-0.2, 0) is 6.54 Å². The number of carbonyl (C=O) groups is 1. The first-order valence-corrected chi connectivity index (χ1v) is 7.04. The van der Waals surface area contributed by atoms with E-state index >= 15 is 0 Å². The van der Waals surface area contributed by atoms with Crippen LogP contribution in [0.15, 0.2) is 30.3 Å². The van der Waals surface area contributed by atoms with E-state index in [9.17, 15) is 4.79 Å². The number of hydrogen-bond donors (Lipinski definition) is 2. The van der Waals surface area contributed by atoms with Crippen LogP contribution in [0.5, 0.6) is 0 Å². The molecule has 1 aromatic carbocycles. The smallest absolute Gasteiger partial charge is 0.315 e. The quantitative estimate of drug-likeness (QED) is 0.706. The predicted octanol–water partition coefficient (Wildman–Crippen LogP) is 2.22. The Hall–Kier alpha value is -1.55. The molecule has 0 aliphatic rings. The van der Waals surface area contributed by atoms with Crippen LogP contribution in [-0.4, -0.2) is 37.1 Å². The van der Waals surface area contributed by atoms with Crippen molar-refractivity contribution in [2.24, 2.45) is 0 Å². The first-order valence-electron chi connectivity index (χ1n) is 7.04. The first-order chi connectivity index (χ1) is 9.26. The summed E-state index contributed by atoms with van der Waals surface area (Å²) in [7, 11) is 0. The van der Waals surface area contributed by atoms with Crippen molar-refractivity contribution >= 4 is 6.03 Å². The lowest BCUT2D eigenvalue weighted by Gasteiger charge is -2.17. The zero-order valence-electron chi connectivity index (χ0n) is 12.0. The molecule has 0 aliphatic heterocycles. The molecule has 2 amide bonds. The summed E-state index contributed by atoms with van der Waals surface area (Å²) in [5.41, 5.74) is 1.11. The van der Waals surface area contributed by atoms with Gasteiger partial charge in [0.2, 0.25) is 0 Å². The summed E-state index contributed by atoms with van der Waals surface area (Å²) in [5.74, 6) is 0. The van der Waals surface area contributed by atoms with Gasteiger partial charge in [0, 0.05) is 13.1 Å².